The Bertz CT molecular complexity index is 180. The molecule has 14 heavy (non-hydrogen) atoms. The number of allylic oxidation sites excluding steroid dienone is 3. The van der Waals surface area contributed by atoms with Crippen LogP contribution in [0.1, 0.15) is 40.0 Å². The summed E-state index contributed by atoms with van der Waals surface area (Å²) >= 11 is 1.65. The summed E-state index contributed by atoms with van der Waals surface area (Å²) in [5.74, 6) is 0. The normalized spacial score (nSPS) is 17.1. The van der Waals surface area contributed by atoms with E-state index < -0.39 is 16.2 Å². The molecular weight excluding hydrogens is 343 g/mol. The third kappa shape index (κ3) is 6.88. The molecule has 80 valence electrons. The molecule has 0 saturated heterocycles. The molecule has 0 aromatic rings. The molecule has 0 aromatic heterocycles. The molecule has 0 aliphatic carbocycles. The topological polar surface area (TPSA) is 0 Å². The third-order valence-corrected chi connectivity index (χ3v) is 13.5. The van der Waals surface area contributed by atoms with Crippen molar-refractivity contribution in [2.45, 2.75) is 40.0 Å². The monoisotopic (exact) mass is 364 g/mol. The van der Waals surface area contributed by atoms with Crippen LogP contribution in [-0.4, -0.2) is 16.2 Å². The Morgan fingerprint density at radius 3 is 1.29 bits per heavy atom. The molecule has 0 rings (SSSR count). The van der Waals surface area contributed by atoms with E-state index in [1.807, 2.05) is 0 Å². The molecule has 0 nitrogen and oxygen atoms in total. The van der Waals surface area contributed by atoms with Gasteiger partial charge in [-0.15, -0.1) is 0 Å². The van der Waals surface area contributed by atoms with Crippen molar-refractivity contribution in [2.75, 3.05) is 0 Å². The molecule has 0 aromatic carbocycles. The van der Waals surface area contributed by atoms with E-state index in [9.17, 15) is 0 Å². The third-order valence-electron chi connectivity index (χ3n) is 1.83. The van der Waals surface area contributed by atoms with E-state index in [2.05, 4.69) is 64.0 Å². The van der Waals surface area contributed by atoms with Crippen LogP contribution in [0.4, 0.5) is 0 Å². The Hall–Kier alpha value is 0.499. The van der Waals surface area contributed by atoms with Gasteiger partial charge in [0, 0.05) is 0 Å². The fourth-order valence-electron chi connectivity index (χ4n) is 1.06. The first-order valence-electron chi connectivity index (χ1n) is 5.40. The van der Waals surface area contributed by atoms with Crippen LogP contribution in [0.2, 0.25) is 0 Å². The van der Waals surface area contributed by atoms with Crippen molar-refractivity contribution < 1.29 is 0 Å². The first kappa shape index (κ1) is 14.5. The maximum atomic E-state index is 3.94. The summed E-state index contributed by atoms with van der Waals surface area (Å²) in [5, 5.41) is 0. The van der Waals surface area contributed by atoms with Crippen LogP contribution < -0.4 is 0 Å². The van der Waals surface area contributed by atoms with Gasteiger partial charge in [0.05, 0.1) is 0 Å². The molecule has 0 aliphatic heterocycles. The maximum absolute atomic E-state index is 3.94. The van der Waals surface area contributed by atoms with Crippen LogP contribution in [0.3, 0.4) is 0 Å². The Morgan fingerprint density at radius 2 is 1.07 bits per heavy atom. The standard InChI is InChI=1S/3C4H7.BrH.Sn/c3*1-3-4-2;;/h3*1,3H,4H2,2H3;1H;/q;;;;+1/p-1. The Morgan fingerprint density at radius 1 is 0.786 bits per heavy atom. The fourth-order valence-corrected chi connectivity index (χ4v) is 10.9. The Balaban J connectivity index is 4.56. The zero-order valence-corrected chi connectivity index (χ0v) is 13.9. The van der Waals surface area contributed by atoms with Crippen molar-refractivity contribution in [3.63, 3.8) is 0 Å². The van der Waals surface area contributed by atoms with Crippen LogP contribution in [0.15, 0.2) is 30.5 Å². The van der Waals surface area contributed by atoms with Gasteiger partial charge in [0.15, 0.2) is 0 Å². The van der Waals surface area contributed by atoms with Crippen molar-refractivity contribution in [2.24, 2.45) is 0 Å². The number of halogens is 1. The van der Waals surface area contributed by atoms with Crippen LogP contribution in [0, 0.1) is 0 Å². The molecule has 0 bridgehead atoms. The predicted molar refractivity (Wildman–Crippen MR) is 73.0 cm³/mol. The summed E-state index contributed by atoms with van der Waals surface area (Å²) in [6.45, 7) is 6.55. The molecule has 0 aliphatic rings. The van der Waals surface area contributed by atoms with E-state index in [0.717, 1.165) is 19.3 Å². The minimum atomic E-state index is -2.29. The van der Waals surface area contributed by atoms with Gasteiger partial charge in [-0.05, 0) is 0 Å². The molecule has 2 heteroatoms. The SMILES string of the molecule is CCC=[CH][Sn]([Br])([CH]=CCC)[CH]=CCC. The first-order valence-corrected chi connectivity index (χ1v) is 16.7. The molecule has 0 heterocycles. The van der Waals surface area contributed by atoms with Crippen molar-refractivity contribution >= 4 is 28.9 Å². The van der Waals surface area contributed by atoms with E-state index in [4.69, 9.17) is 0 Å². The van der Waals surface area contributed by atoms with Gasteiger partial charge in [-0.2, -0.15) is 0 Å². The molecule has 0 saturated carbocycles. The molecule has 0 radical (unpaired) electrons. The summed E-state index contributed by atoms with van der Waals surface area (Å²) in [6.07, 6.45) is 10.2. The van der Waals surface area contributed by atoms with Crippen LogP contribution in [-0.2, 0) is 0 Å². The molecular formula is C12H21BrSn. The van der Waals surface area contributed by atoms with Gasteiger partial charge in [-0.3, -0.25) is 0 Å². The van der Waals surface area contributed by atoms with E-state index in [1.54, 1.807) is 0 Å². The molecule has 0 atom stereocenters. The predicted octanol–water partition coefficient (Wildman–Crippen LogP) is 4.84. The summed E-state index contributed by atoms with van der Waals surface area (Å²) in [7, 11) is 0. The summed E-state index contributed by atoms with van der Waals surface area (Å²) < 4.78 is 7.23. The Kier molecular flexibility index (Phi) is 9.09. The quantitative estimate of drug-likeness (QED) is 0.592. The van der Waals surface area contributed by atoms with E-state index >= 15 is 0 Å². The summed E-state index contributed by atoms with van der Waals surface area (Å²) in [5.41, 5.74) is 0. The number of hydrogen-bond donors (Lipinski definition) is 0. The van der Waals surface area contributed by atoms with Crippen molar-refractivity contribution in [1.29, 1.82) is 0 Å². The van der Waals surface area contributed by atoms with Crippen LogP contribution in [0.25, 0.3) is 0 Å². The van der Waals surface area contributed by atoms with Crippen LogP contribution >= 0.6 is 12.7 Å². The zero-order valence-electron chi connectivity index (χ0n) is 9.46. The van der Waals surface area contributed by atoms with E-state index in [1.165, 1.54) is 0 Å². The zero-order chi connectivity index (χ0) is 10.9. The average Bonchev–Trinajstić information content (AvgIpc) is 2.21. The van der Waals surface area contributed by atoms with Gasteiger partial charge in [0.1, 0.15) is 0 Å². The van der Waals surface area contributed by atoms with E-state index in [-0.39, 0.29) is 0 Å². The van der Waals surface area contributed by atoms with E-state index in [0.29, 0.717) is 0 Å². The average molecular weight is 364 g/mol. The van der Waals surface area contributed by atoms with Crippen molar-refractivity contribution in [3.05, 3.63) is 30.5 Å². The number of rotatable bonds is 6. The van der Waals surface area contributed by atoms with Gasteiger partial charge < -0.3 is 0 Å². The van der Waals surface area contributed by atoms with Crippen LogP contribution in [0.5, 0.6) is 0 Å². The van der Waals surface area contributed by atoms with Gasteiger partial charge in [0.2, 0.25) is 0 Å². The number of hydrogen-bond acceptors (Lipinski definition) is 0. The van der Waals surface area contributed by atoms with Crippen molar-refractivity contribution in [1.82, 2.24) is 0 Å². The van der Waals surface area contributed by atoms with Crippen molar-refractivity contribution in [3.8, 4) is 0 Å². The van der Waals surface area contributed by atoms with Gasteiger partial charge in [-0.25, -0.2) is 0 Å². The molecule has 0 N–H and O–H groups in total. The Labute approximate surface area is 98.8 Å². The van der Waals surface area contributed by atoms with Gasteiger partial charge >= 0.3 is 99.4 Å². The molecule has 0 amide bonds. The van der Waals surface area contributed by atoms with Gasteiger partial charge in [-0.1, -0.05) is 0 Å². The molecule has 0 unspecified atom stereocenters. The van der Waals surface area contributed by atoms with Gasteiger partial charge in [0.25, 0.3) is 0 Å². The second-order valence-electron chi connectivity index (χ2n) is 3.26. The first-order chi connectivity index (χ1) is 6.68. The second kappa shape index (κ2) is 8.78. The molecule has 0 fully saturated rings. The summed E-state index contributed by atoms with van der Waals surface area (Å²) in [4.78, 5) is 0. The minimum absolute atomic E-state index is 1.13. The second-order valence-corrected chi connectivity index (χ2v) is 20.0. The summed E-state index contributed by atoms with van der Waals surface area (Å²) in [6, 6.07) is 0. The molecule has 0 spiro atoms. The fraction of sp³-hybridized carbons (Fsp3) is 0.500.